The molecule has 0 bridgehead atoms. The zero-order valence-corrected chi connectivity index (χ0v) is 17.2. The van der Waals surface area contributed by atoms with Crippen molar-refractivity contribution in [2.24, 2.45) is 0 Å². The Kier molecular flexibility index (Phi) is 6.38. The summed E-state index contributed by atoms with van der Waals surface area (Å²) >= 11 is 0. The van der Waals surface area contributed by atoms with Gasteiger partial charge in [0.25, 0.3) is 11.8 Å². The van der Waals surface area contributed by atoms with Gasteiger partial charge < -0.3 is 14.6 Å². The molecule has 1 amide bonds. The summed E-state index contributed by atoms with van der Waals surface area (Å²) in [6.45, 7) is 2.65. The monoisotopic (exact) mass is 413 g/mol. The minimum atomic E-state index is -0.238. The fourth-order valence-electron chi connectivity index (χ4n) is 3.13. The molecule has 0 unspecified atom stereocenters. The maximum absolute atomic E-state index is 12.8. The molecule has 31 heavy (non-hydrogen) atoms. The smallest absolute Gasteiger partial charge is 0.260 e. The second kappa shape index (κ2) is 9.71. The summed E-state index contributed by atoms with van der Waals surface area (Å²) in [4.78, 5) is 17.4. The van der Waals surface area contributed by atoms with Crippen LogP contribution in [-0.2, 0) is 6.42 Å². The molecule has 0 aliphatic rings. The number of ether oxygens (including phenoxy) is 1. The minimum absolute atomic E-state index is 0.238. The van der Waals surface area contributed by atoms with Crippen molar-refractivity contribution < 1.29 is 14.1 Å². The molecule has 1 aromatic heterocycles. The quantitative estimate of drug-likeness (QED) is 0.420. The Balaban J connectivity index is 1.52. The highest BCUT2D eigenvalue weighted by atomic mass is 16.5. The molecule has 6 nitrogen and oxygen atoms in total. The van der Waals surface area contributed by atoms with E-state index < -0.39 is 0 Å². The fraction of sp³-hybridized carbons (Fsp3) is 0.160. The Hall–Kier alpha value is -3.93. The highest BCUT2D eigenvalue weighted by Gasteiger charge is 2.16. The summed E-state index contributed by atoms with van der Waals surface area (Å²) in [6.07, 6.45) is 1.48. The average Bonchev–Trinajstić information content (AvgIpc) is 3.27. The first-order valence-corrected chi connectivity index (χ1v) is 10.2. The maximum Gasteiger partial charge on any atom is 0.260 e. The molecule has 0 aliphatic heterocycles. The highest BCUT2D eigenvalue weighted by molar-refractivity contribution is 6.06. The van der Waals surface area contributed by atoms with Crippen molar-refractivity contribution in [3.05, 3.63) is 95.8 Å². The lowest BCUT2D eigenvalue weighted by Gasteiger charge is -2.10. The van der Waals surface area contributed by atoms with Gasteiger partial charge in [-0.3, -0.25) is 4.79 Å². The van der Waals surface area contributed by atoms with Gasteiger partial charge in [0, 0.05) is 12.0 Å². The van der Waals surface area contributed by atoms with Gasteiger partial charge in [-0.05, 0) is 42.3 Å². The molecule has 0 atom stereocenters. The number of carbonyl (C=O) groups excluding carboxylic acids is 1. The second-order valence-corrected chi connectivity index (χ2v) is 7.05. The first-order chi connectivity index (χ1) is 15.2. The third-order valence-corrected chi connectivity index (χ3v) is 4.65. The van der Waals surface area contributed by atoms with E-state index >= 15 is 0 Å². The number of rotatable bonds is 8. The summed E-state index contributed by atoms with van der Waals surface area (Å²) < 4.78 is 11.1. The van der Waals surface area contributed by atoms with E-state index in [0.29, 0.717) is 47.3 Å². The van der Waals surface area contributed by atoms with E-state index in [1.165, 1.54) is 0 Å². The maximum atomic E-state index is 12.8. The van der Waals surface area contributed by atoms with Crippen LogP contribution in [0.1, 0.15) is 35.1 Å². The van der Waals surface area contributed by atoms with Gasteiger partial charge in [0.15, 0.2) is 5.82 Å². The van der Waals surface area contributed by atoms with Crippen molar-refractivity contribution in [1.29, 1.82) is 0 Å². The molecule has 0 fully saturated rings. The Morgan fingerprint density at radius 1 is 1.00 bits per heavy atom. The second-order valence-electron chi connectivity index (χ2n) is 7.05. The lowest BCUT2D eigenvalue weighted by molar-refractivity contribution is 0.102. The largest absolute Gasteiger partial charge is 0.494 e. The van der Waals surface area contributed by atoms with E-state index in [1.807, 2.05) is 67.6 Å². The van der Waals surface area contributed by atoms with Crippen LogP contribution in [0.3, 0.4) is 0 Å². The van der Waals surface area contributed by atoms with Crippen LogP contribution < -0.4 is 10.1 Å². The van der Waals surface area contributed by atoms with Crippen LogP contribution in [0.5, 0.6) is 5.75 Å². The summed E-state index contributed by atoms with van der Waals surface area (Å²) in [6, 6.07) is 24.5. The van der Waals surface area contributed by atoms with E-state index in [2.05, 4.69) is 15.5 Å². The van der Waals surface area contributed by atoms with Crippen molar-refractivity contribution in [3.8, 4) is 17.2 Å². The molecule has 4 rings (SSSR count). The van der Waals surface area contributed by atoms with Crippen LogP contribution >= 0.6 is 0 Å². The topological polar surface area (TPSA) is 77.2 Å². The van der Waals surface area contributed by atoms with Crippen molar-refractivity contribution in [2.75, 3.05) is 11.9 Å². The van der Waals surface area contributed by atoms with Crippen molar-refractivity contribution >= 4 is 11.6 Å². The molecule has 0 radical (unpaired) electrons. The molecule has 4 aromatic rings. The van der Waals surface area contributed by atoms with Crippen molar-refractivity contribution in [1.82, 2.24) is 10.1 Å². The number of carbonyl (C=O) groups is 1. The third-order valence-electron chi connectivity index (χ3n) is 4.65. The fourth-order valence-corrected chi connectivity index (χ4v) is 3.13. The van der Waals surface area contributed by atoms with Crippen LogP contribution in [-0.4, -0.2) is 22.7 Å². The van der Waals surface area contributed by atoms with Gasteiger partial charge in [0.1, 0.15) is 5.75 Å². The lowest BCUT2D eigenvalue weighted by Crippen LogP contribution is -2.12. The van der Waals surface area contributed by atoms with Gasteiger partial charge in [-0.25, -0.2) is 0 Å². The van der Waals surface area contributed by atoms with Crippen molar-refractivity contribution in [3.63, 3.8) is 0 Å². The number of amides is 1. The number of para-hydroxylation sites is 1. The number of nitrogens with one attached hydrogen (secondary N) is 1. The first-order valence-electron chi connectivity index (χ1n) is 10.2. The molecule has 1 N–H and O–H groups in total. The Bertz CT molecular complexity index is 1160. The lowest BCUT2D eigenvalue weighted by atomic mass is 10.1. The van der Waals surface area contributed by atoms with E-state index in [-0.39, 0.29) is 5.91 Å². The number of benzene rings is 3. The summed E-state index contributed by atoms with van der Waals surface area (Å²) in [5, 5.41) is 7.04. The molecule has 0 spiro atoms. The summed E-state index contributed by atoms with van der Waals surface area (Å²) in [5.41, 5.74) is 2.88. The van der Waals surface area contributed by atoms with Crippen LogP contribution in [0.25, 0.3) is 11.5 Å². The number of aromatic nitrogens is 2. The van der Waals surface area contributed by atoms with Gasteiger partial charge in [-0.15, -0.1) is 0 Å². The van der Waals surface area contributed by atoms with Crippen LogP contribution in [0.2, 0.25) is 0 Å². The third kappa shape index (κ3) is 5.17. The average molecular weight is 413 g/mol. The zero-order valence-electron chi connectivity index (χ0n) is 17.2. The normalized spacial score (nSPS) is 10.6. The van der Waals surface area contributed by atoms with E-state index in [0.717, 1.165) is 12.0 Å². The predicted molar refractivity (Wildman–Crippen MR) is 119 cm³/mol. The molecular formula is C25H23N3O3. The van der Waals surface area contributed by atoms with Gasteiger partial charge in [0.2, 0.25) is 0 Å². The molecule has 156 valence electrons. The van der Waals surface area contributed by atoms with E-state index in [1.54, 1.807) is 18.2 Å². The summed E-state index contributed by atoms with van der Waals surface area (Å²) in [5.74, 6) is 1.38. The first kappa shape index (κ1) is 20.3. The van der Waals surface area contributed by atoms with E-state index in [9.17, 15) is 4.79 Å². The predicted octanol–water partition coefficient (Wildman–Crippen LogP) is 5.37. The Morgan fingerprint density at radius 2 is 1.81 bits per heavy atom. The molecular weight excluding hydrogens is 390 g/mol. The standard InChI is InChI=1S/C25H23N3O3/c1-2-15-30-20-12-8-11-19(17-20)24(29)26-22-14-7-6-13-21(22)25-27-23(28-31-25)16-18-9-4-3-5-10-18/h3-14,17H,2,15-16H2,1H3,(H,26,29). The van der Waals surface area contributed by atoms with E-state index in [4.69, 9.17) is 9.26 Å². The molecule has 0 saturated carbocycles. The Morgan fingerprint density at radius 3 is 2.65 bits per heavy atom. The highest BCUT2D eigenvalue weighted by Crippen LogP contribution is 2.27. The SMILES string of the molecule is CCCOc1cccc(C(=O)Nc2ccccc2-c2nc(Cc3ccccc3)no2)c1. The number of anilines is 1. The van der Waals surface area contributed by atoms with Gasteiger partial charge >= 0.3 is 0 Å². The van der Waals surface area contributed by atoms with Crippen LogP contribution in [0, 0.1) is 0 Å². The van der Waals surface area contributed by atoms with Crippen LogP contribution in [0.4, 0.5) is 5.69 Å². The summed E-state index contributed by atoms with van der Waals surface area (Å²) in [7, 11) is 0. The number of nitrogens with zero attached hydrogens (tertiary/aromatic N) is 2. The Labute approximate surface area is 180 Å². The van der Waals surface area contributed by atoms with Gasteiger partial charge in [0.05, 0.1) is 17.9 Å². The van der Waals surface area contributed by atoms with Crippen LogP contribution in [0.15, 0.2) is 83.4 Å². The minimum Gasteiger partial charge on any atom is -0.494 e. The zero-order chi connectivity index (χ0) is 21.5. The molecule has 6 heteroatoms. The molecule has 3 aromatic carbocycles. The molecule has 0 saturated heterocycles. The number of hydrogen-bond acceptors (Lipinski definition) is 5. The molecule has 0 aliphatic carbocycles. The van der Waals surface area contributed by atoms with Crippen molar-refractivity contribution in [2.45, 2.75) is 19.8 Å². The van der Waals surface area contributed by atoms with Gasteiger partial charge in [-0.1, -0.05) is 60.6 Å². The van der Waals surface area contributed by atoms with Gasteiger partial charge in [-0.2, -0.15) is 4.98 Å². The number of hydrogen-bond donors (Lipinski definition) is 1. The molecule has 1 heterocycles.